The van der Waals surface area contributed by atoms with Crippen LogP contribution in [0.2, 0.25) is 10.0 Å². The average molecular weight is 436 g/mol. The van der Waals surface area contributed by atoms with Gasteiger partial charge < -0.3 is 4.74 Å². The molecule has 0 bridgehead atoms. The molecular formula is C20H15Cl2NO2S2. The van der Waals surface area contributed by atoms with Crippen LogP contribution in [0.4, 0.5) is 0 Å². The monoisotopic (exact) mass is 435 g/mol. The summed E-state index contributed by atoms with van der Waals surface area (Å²) in [6.45, 7) is 4.34. The van der Waals surface area contributed by atoms with E-state index >= 15 is 0 Å². The molecule has 1 heterocycles. The Labute approximate surface area is 177 Å². The summed E-state index contributed by atoms with van der Waals surface area (Å²) in [5.74, 6) is 0.584. The summed E-state index contributed by atoms with van der Waals surface area (Å²) >= 11 is 18.8. The number of nitrogens with zero attached hydrogens (tertiary/aromatic N) is 1. The molecule has 3 nitrogen and oxygen atoms in total. The maximum atomic E-state index is 12.4. The molecule has 0 aliphatic carbocycles. The number of rotatable bonds is 6. The van der Waals surface area contributed by atoms with Crippen molar-refractivity contribution in [2.24, 2.45) is 0 Å². The Morgan fingerprint density at radius 2 is 1.81 bits per heavy atom. The van der Waals surface area contributed by atoms with Gasteiger partial charge in [0, 0.05) is 22.2 Å². The van der Waals surface area contributed by atoms with Gasteiger partial charge in [-0.1, -0.05) is 71.5 Å². The highest BCUT2D eigenvalue weighted by molar-refractivity contribution is 8.26. The Balaban J connectivity index is 1.68. The van der Waals surface area contributed by atoms with Crippen molar-refractivity contribution in [1.82, 2.24) is 4.90 Å². The van der Waals surface area contributed by atoms with E-state index in [2.05, 4.69) is 6.58 Å². The summed E-state index contributed by atoms with van der Waals surface area (Å²) in [7, 11) is 0. The van der Waals surface area contributed by atoms with Gasteiger partial charge in [0.1, 0.15) is 16.7 Å². The van der Waals surface area contributed by atoms with Crippen molar-refractivity contribution >= 4 is 63.5 Å². The van der Waals surface area contributed by atoms with E-state index in [1.807, 2.05) is 30.3 Å². The minimum Gasteiger partial charge on any atom is -0.489 e. The summed E-state index contributed by atoms with van der Waals surface area (Å²) < 4.78 is 6.31. The first-order chi connectivity index (χ1) is 13.0. The Bertz CT molecular complexity index is 906. The lowest BCUT2D eigenvalue weighted by molar-refractivity contribution is -0.121. The molecule has 138 valence electrons. The van der Waals surface area contributed by atoms with Crippen LogP contribution in [-0.2, 0) is 11.4 Å². The zero-order valence-electron chi connectivity index (χ0n) is 14.2. The van der Waals surface area contributed by atoms with Gasteiger partial charge in [0.15, 0.2) is 0 Å². The van der Waals surface area contributed by atoms with Gasteiger partial charge in [-0.15, -0.1) is 6.58 Å². The highest BCUT2D eigenvalue weighted by atomic mass is 35.5. The van der Waals surface area contributed by atoms with Crippen LogP contribution in [0.3, 0.4) is 0 Å². The van der Waals surface area contributed by atoms with Crippen LogP contribution in [0.15, 0.2) is 60.0 Å². The lowest BCUT2D eigenvalue weighted by atomic mass is 10.2. The summed E-state index contributed by atoms with van der Waals surface area (Å²) in [5.41, 5.74) is 1.63. The summed E-state index contributed by atoms with van der Waals surface area (Å²) in [6.07, 6.45) is 3.47. The molecule has 1 aliphatic heterocycles. The number of benzene rings is 2. The number of hydrogen-bond acceptors (Lipinski definition) is 4. The number of ether oxygens (including phenoxy) is 1. The van der Waals surface area contributed by atoms with Gasteiger partial charge >= 0.3 is 0 Å². The molecular weight excluding hydrogens is 421 g/mol. The maximum absolute atomic E-state index is 12.4. The van der Waals surface area contributed by atoms with Crippen LogP contribution in [0.25, 0.3) is 6.08 Å². The highest BCUT2D eigenvalue weighted by Crippen LogP contribution is 2.32. The topological polar surface area (TPSA) is 29.5 Å². The predicted octanol–water partition coefficient (Wildman–Crippen LogP) is 5.96. The first-order valence-corrected chi connectivity index (χ1v) is 9.99. The molecule has 3 rings (SSSR count). The second-order valence-corrected chi connectivity index (χ2v) is 8.13. The van der Waals surface area contributed by atoms with E-state index in [1.165, 1.54) is 16.7 Å². The second-order valence-electron chi connectivity index (χ2n) is 5.64. The lowest BCUT2D eigenvalue weighted by Crippen LogP contribution is -2.27. The molecule has 2 aromatic rings. The van der Waals surface area contributed by atoms with Crippen molar-refractivity contribution in [3.63, 3.8) is 0 Å². The average Bonchev–Trinajstić information content (AvgIpc) is 2.90. The first-order valence-electron chi connectivity index (χ1n) is 8.01. The normalized spacial score (nSPS) is 15.5. The van der Waals surface area contributed by atoms with Gasteiger partial charge in [-0.05, 0) is 35.9 Å². The quantitative estimate of drug-likeness (QED) is 0.318. The van der Waals surface area contributed by atoms with Gasteiger partial charge in [0.2, 0.25) is 0 Å². The molecule has 1 saturated heterocycles. The summed E-state index contributed by atoms with van der Waals surface area (Å²) in [4.78, 5) is 14.5. The molecule has 7 heteroatoms. The fourth-order valence-electron chi connectivity index (χ4n) is 2.42. The molecule has 0 radical (unpaired) electrons. The number of carbonyl (C=O) groups excluding carboxylic acids is 1. The molecule has 1 amide bonds. The van der Waals surface area contributed by atoms with Gasteiger partial charge in [-0.2, -0.15) is 0 Å². The standard InChI is InChI=1S/C20H15Cl2NO2S2/c1-2-10-23-19(24)18(27-20(23)26)11-13-6-8-14(9-7-13)25-12-15-16(21)4-3-5-17(15)22/h2-9,11H,1,10,12H2/b18-11-. The van der Waals surface area contributed by atoms with Gasteiger partial charge in [0.05, 0.1) is 4.91 Å². The molecule has 0 saturated carbocycles. The van der Waals surface area contributed by atoms with Crippen molar-refractivity contribution in [2.45, 2.75) is 6.61 Å². The minimum atomic E-state index is -0.0985. The van der Waals surface area contributed by atoms with Crippen LogP contribution in [0.1, 0.15) is 11.1 Å². The Morgan fingerprint density at radius 3 is 2.44 bits per heavy atom. The Kier molecular flexibility index (Phi) is 6.60. The van der Waals surface area contributed by atoms with Crippen molar-refractivity contribution in [2.75, 3.05) is 6.54 Å². The van der Waals surface area contributed by atoms with E-state index < -0.39 is 0 Å². The van der Waals surface area contributed by atoms with Crippen molar-refractivity contribution in [1.29, 1.82) is 0 Å². The molecule has 0 atom stereocenters. The molecule has 0 aromatic heterocycles. The van der Waals surface area contributed by atoms with E-state index in [-0.39, 0.29) is 12.5 Å². The van der Waals surface area contributed by atoms with E-state index in [0.717, 1.165) is 11.1 Å². The Morgan fingerprint density at radius 1 is 1.15 bits per heavy atom. The number of thioether (sulfide) groups is 1. The SMILES string of the molecule is C=CCN1C(=O)/C(=C/c2ccc(OCc3c(Cl)cccc3Cl)cc2)SC1=S. The third-order valence-electron chi connectivity index (χ3n) is 3.81. The van der Waals surface area contributed by atoms with Crippen LogP contribution in [0, 0.1) is 0 Å². The predicted molar refractivity (Wildman–Crippen MR) is 117 cm³/mol. The largest absolute Gasteiger partial charge is 0.489 e. The Hall–Kier alpha value is -1.79. The summed E-state index contributed by atoms with van der Waals surface area (Å²) in [6, 6.07) is 12.8. The van der Waals surface area contributed by atoms with E-state index in [0.29, 0.717) is 31.6 Å². The number of carbonyl (C=O) groups is 1. The smallest absolute Gasteiger partial charge is 0.266 e. The molecule has 0 N–H and O–H groups in total. The van der Waals surface area contributed by atoms with Crippen molar-refractivity contribution in [3.05, 3.63) is 81.2 Å². The summed E-state index contributed by atoms with van der Waals surface area (Å²) in [5, 5.41) is 1.14. The van der Waals surface area contributed by atoms with Crippen molar-refractivity contribution in [3.8, 4) is 5.75 Å². The molecule has 2 aromatic carbocycles. The molecule has 1 fully saturated rings. The molecule has 0 unspecified atom stereocenters. The van der Waals surface area contributed by atoms with E-state index in [1.54, 1.807) is 24.3 Å². The number of amides is 1. The third-order valence-corrected chi connectivity index (χ3v) is 5.89. The zero-order valence-corrected chi connectivity index (χ0v) is 17.3. The maximum Gasteiger partial charge on any atom is 0.266 e. The molecule has 0 spiro atoms. The first kappa shape index (κ1) is 20.0. The highest BCUT2D eigenvalue weighted by Gasteiger charge is 2.30. The minimum absolute atomic E-state index is 0.0985. The number of hydrogen-bond donors (Lipinski definition) is 0. The molecule has 27 heavy (non-hydrogen) atoms. The van der Waals surface area contributed by atoms with Gasteiger partial charge in [-0.25, -0.2) is 0 Å². The fraction of sp³-hybridized carbons (Fsp3) is 0.100. The van der Waals surface area contributed by atoms with Crippen LogP contribution in [-0.4, -0.2) is 21.7 Å². The zero-order chi connectivity index (χ0) is 19.4. The van der Waals surface area contributed by atoms with Crippen LogP contribution < -0.4 is 4.74 Å². The van der Waals surface area contributed by atoms with Crippen LogP contribution >= 0.6 is 47.2 Å². The van der Waals surface area contributed by atoms with Gasteiger partial charge in [-0.3, -0.25) is 9.69 Å². The lowest BCUT2D eigenvalue weighted by Gasteiger charge is -2.10. The number of halogens is 2. The van der Waals surface area contributed by atoms with Crippen LogP contribution in [0.5, 0.6) is 5.75 Å². The van der Waals surface area contributed by atoms with E-state index in [9.17, 15) is 4.79 Å². The van der Waals surface area contributed by atoms with Gasteiger partial charge in [0.25, 0.3) is 5.91 Å². The fourth-order valence-corrected chi connectivity index (χ4v) is 4.21. The van der Waals surface area contributed by atoms with Crippen molar-refractivity contribution < 1.29 is 9.53 Å². The second kappa shape index (κ2) is 8.93. The number of thiocarbonyl (C=S) groups is 1. The third kappa shape index (κ3) is 4.74. The molecule has 1 aliphatic rings. The van der Waals surface area contributed by atoms with E-state index in [4.69, 9.17) is 40.2 Å².